The highest BCUT2D eigenvalue weighted by molar-refractivity contribution is 6.06. The normalized spacial score (nSPS) is 23.3. The number of carbonyl (C=O) groups is 6. The average molecular weight is 1090 g/mol. The minimum Gasteiger partial charge on any atom is -0.487 e. The van der Waals surface area contributed by atoms with Gasteiger partial charge in [0.1, 0.15) is 41.6 Å². The van der Waals surface area contributed by atoms with Crippen LogP contribution in [0.1, 0.15) is 92.6 Å². The molecule has 0 aromatic heterocycles. The summed E-state index contributed by atoms with van der Waals surface area (Å²) in [7, 11) is 0. The molecule has 6 aromatic carbocycles. The van der Waals surface area contributed by atoms with Crippen molar-refractivity contribution in [1.29, 1.82) is 0 Å². The van der Waals surface area contributed by atoms with E-state index in [1.807, 2.05) is 66.7 Å². The summed E-state index contributed by atoms with van der Waals surface area (Å²) in [6.45, 7) is 5.50. The predicted octanol–water partition coefficient (Wildman–Crippen LogP) is 6.64. The molecule has 0 saturated carbocycles. The number of nitrogens with one attached hydrogen (secondary N) is 4. The molecule has 4 N–H and O–H groups in total. The van der Waals surface area contributed by atoms with Crippen LogP contribution in [0.5, 0.6) is 11.5 Å². The molecule has 0 aliphatic carbocycles. The molecule has 6 aliphatic rings. The Labute approximate surface area is 470 Å². The van der Waals surface area contributed by atoms with Crippen LogP contribution in [0.3, 0.4) is 0 Å². The molecule has 4 saturated heterocycles. The Morgan fingerprint density at radius 3 is 1.59 bits per heavy atom. The number of benzene rings is 6. The van der Waals surface area contributed by atoms with Gasteiger partial charge in [0.15, 0.2) is 0 Å². The quantitative estimate of drug-likeness (QED) is 0.0717. The summed E-state index contributed by atoms with van der Waals surface area (Å²) in [4.78, 5) is 84.1. The van der Waals surface area contributed by atoms with E-state index in [0.29, 0.717) is 73.9 Å². The smallest absolute Gasteiger partial charge is 0.255 e. The Balaban J connectivity index is 0.736. The fraction of sp³-hybridized carbons (Fsp3) is 0.344. The van der Waals surface area contributed by atoms with Gasteiger partial charge in [0.25, 0.3) is 11.8 Å². The van der Waals surface area contributed by atoms with Crippen LogP contribution in [0.25, 0.3) is 11.1 Å². The molecule has 6 unspecified atom stereocenters. The number of likely N-dealkylation sites (tertiary alicyclic amines) is 2. The van der Waals surface area contributed by atoms with Crippen molar-refractivity contribution in [1.82, 2.24) is 40.9 Å². The molecule has 0 bridgehead atoms. The summed E-state index contributed by atoms with van der Waals surface area (Å²) < 4.78 is 29.9. The van der Waals surface area contributed by atoms with Gasteiger partial charge in [-0.3, -0.25) is 49.2 Å². The van der Waals surface area contributed by atoms with Crippen LogP contribution in [0.4, 0.5) is 4.39 Å². The minimum atomic E-state index is -0.717. The average Bonchev–Trinajstić information content (AvgIpc) is 4.24. The largest absolute Gasteiger partial charge is 0.487 e. The SMILES string of the molecule is O=C1CCC(N2Cc3cc(OC4CN(Cc5ccccc5)CCC4NCc4ccccc4-c4ccc(F)c(CN5CCC(NCc6ccccc6)C(Oc6ccc7c(c6)CN(C6CCC(=O)NC6=O)C7=O)C5)c4)ccc3C2=O)C(=O)N1. The second-order valence-electron chi connectivity index (χ2n) is 22.2. The molecule has 0 spiro atoms. The summed E-state index contributed by atoms with van der Waals surface area (Å²) in [5.41, 5.74) is 8.46. The van der Waals surface area contributed by atoms with Crippen LogP contribution in [-0.4, -0.2) is 118 Å². The first-order valence-corrected chi connectivity index (χ1v) is 28.2. The van der Waals surface area contributed by atoms with Crippen molar-refractivity contribution in [2.45, 2.75) is 114 Å². The number of amides is 6. The van der Waals surface area contributed by atoms with Crippen molar-refractivity contribution in [3.8, 4) is 22.6 Å². The molecular weight excluding hydrogens is 1030 g/mol. The molecule has 12 rings (SSSR count). The van der Waals surface area contributed by atoms with E-state index in [-0.39, 0.29) is 86.1 Å². The highest BCUT2D eigenvalue weighted by Crippen LogP contribution is 2.35. The van der Waals surface area contributed by atoms with E-state index in [0.717, 1.165) is 59.3 Å². The molecule has 0 radical (unpaired) electrons. The molecule has 6 heterocycles. The molecule has 416 valence electrons. The van der Waals surface area contributed by atoms with Gasteiger partial charge in [0.2, 0.25) is 23.6 Å². The Kier molecular flexibility index (Phi) is 15.6. The number of hydrogen-bond acceptors (Lipinski definition) is 12. The third-order valence-electron chi connectivity index (χ3n) is 16.8. The Bertz CT molecular complexity index is 3380. The fourth-order valence-corrected chi connectivity index (χ4v) is 12.5. The predicted molar refractivity (Wildman–Crippen MR) is 300 cm³/mol. The minimum absolute atomic E-state index is 0.0372. The summed E-state index contributed by atoms with van der Waals surface area (Å²) in [5.74, 6) is -1.09. The van der Waals surface area contributed by atoms with Gasteiger partial charge in [0.05, 0.1) is 0 Å². The van der Waals surface area contributed by atoms with E-state index in [4.69, 9.17) is 9.47 Å². The van der Waals surface area contributed by atoms with Crippen LogP contribution in [0.15, 0.2) is 140 Å². The maximum Gasteiger partial charge on any atom is 0.255 e. The lowest BCUT2D eigenvalue weighted by atomic mass is 9.95. The standard InChI is InChI=1S/C64H65FN8O8/c65-52-20-15-42(29-46(52)35-71-28-26-53(66-32-40-9-3-1-4-10-40)58(39-71)81-48-17-19-51-45(31-48)37-73(64(51)79)56-22-24-60(75)69-62(56)77)49-14-8-7-13-43(49)33-67-54-25-27-70(34-41-11-5-2-6-12-41)38-57(54)80-47-16-18-50-44(30-47)36-72(63(50)78)55-21-23-59(74)68-61(55)76/h1-20,29-31,53-58,66-67H,21-28,32-39H2,(H,68,74,76)(H,69,75,77). The number of piperidine rings is 4. The first-order valence-electron chi connectivity index (χ1n) is 28.2. The molecule has 4 fully saturated rings. The zero-order chi connectivity index (χ0) is 55.6. The van der Waals surface area contributed by atoms with Crippen molar-refractivity contribution in [3.63, 3.8) is 0 Å². The lowest BCUT2D eigenvalue weighted by molar-refractivity contribution is -0.138. The molecule has 81 heavy (non-hydrogen) atoms. The number of imide groups is 2. The van der Waals surface area contributed by atoms with Crippen LogP contribution < -0.4 is 30.7 Å². The maximum absolute atomic E-state index is 16.1. The van der Waals surface area contributed by atoms with Crippen LogP contribution >= 0.6 is 0 Å². The van der Waals surface area contributed by atoms with Crippen LogP contribution in [-0.2, 0) is 58.4 Å². The highest BCUT2D eigenvalue weighted by Gasteiger charge is 2.42. The number of nitrogens with zero attached hydrogens (tertiary/aromatic N) is 4. The first-order chi connectivity index (χ1) is 39.5. The van der Waals surface area contributed by atoms with Crippen molar-refractivity contribution in [2.75, 3.05) is 26.2 Å². The van der Waals surface area contributed by atoms with Gasteiger partial charge >= 0.3 is 0 Å². The third kappa shape index (κ3) is 11.9. The van der Waals surface area contributed by atoms with E-state index < -0.39 is 23.9 Å². The zero-order valence-corrected chi connectivity index (χ0v) is 45.0. The van der Waals surface area contributed by atoms with Crippen LogP contribution in [0, 0.1) is 5.82 Å². The molecular formula is C64H65FN8O8. The Hall–Kier alpha value is -8.09. The fourth-order valence-electron chi connectivity index (χ4n) is 12.5. The topological polar surface area (TPSA) is 182 Å². The van der Waals surface area contributed by atoms with Gasteiger partial charge in [-0.1, -0.05) is 91.0 Å². The summed E-state index contributed by atoms with van der Waals surface area (Å²) >= 11 is 0. The maximum atomic E-state index is 16.1. The van der Waals surface area contributed by atoms with E-state index in [1.165, 1.54) is 10.5 Å². The van der Waals surface area contributed by atoms with E-state index in [2.05, 4.69) is 79.6 Å². The highest BCUT2D eigenvalue weighted by atomic mass is 19.1. The summed E-state index contributed by atoms with van der Waals surface area (Å²) in [6, 6.07) is 43.6. The number of halogens is 1. The van der Waals surface area contributed by atoms with Crippen molar-refractivity contribution >= 4 is 35.4 Å². The number of ether oxygens (including phenoxy) is 2. The molecule has 6 aromatic rings. The monoisotopic (exact) mass is 1090 g/mol. The summed E-state index contributed by atoms with van der Waals surface area (Å²) in [6.07, 6.45) is 1.89. The second kappa shape index (κ2) is 23.6. The molecule has 6 aliphatic heterocycles. The van der Waals surface area contributed by atoms with Gasteiger partial charge in [0, 0.05) is 107 Å². The molecule has 6 amide bonds. The van der Waals surface area contributed by atoms with Gasteiger partial charge in [-0.05, 0) is 113 Å². The van der Waals surface area contributed by atoms with Crippen molar-refractivity contribution < 1.29 is 42.6 Å². The molecule has 16 nitrogen and oxygen atoms in total. The number of carbonyl (C=O) groups excluding carboxylic acids is 6. The molecule has 6 atom stereocenters. The zero-order valence-electron chi connectivity index (χ0n) is 45.0. The number of rotatable bonds is 17. The number of fused-ring (bicyclic) bond motifs is 2. The lowest BCUT2D eigenvalue weighted by Gasteiger charge is -2.39. The second-order valence-corrected chi connectivity index (χ2v) is 22.2. The van der Waals surface area contributed by atoms with Crippen molar-refractivity contribution in [3.05, 3.63) is 190 Å². The lowest BCUT2D eigenvalue weighted by Crippen LogP contribution is -2.54. The Morgan fingerprint density at radius 2 is 1.02 bits per heavy atom. The van der Waals surface area contributed by atoms with Crippen LogP contribution in [0.2, 0.25) is 0 Å². The third-order valence-corrected chi connectivity index (χ3v) is 16.8. The van der Waals surface area contributed by atoms with Crippen molar-refractivity contribution in [2.24, 2.45) is 0 Å². The van der Waals surface area contributed by atoms with E-state index in [1.54, 1.807) is 29.2 Å². The van der Waals surface area contributed by atoms with Gasteiger partial charge < -0.3 is 29.9 Å². The van der Waals surface area contributed by atoms with E-state index >= 15 is 4.39 Å². The summed E-state index contributed by atoms with van der Waals surface area (Å²) in [5, 5.41) is 12.4. The van der Waals surface area contributed by atoms with Gasteiger partial charge in [-0.15, -0.1) is 0 Å². The van der Waals surface area contributed by atoms with E-state index in [9.17, 15) is 28.8 Å². The first kappa shape index (κ1) is 53.5. The Morgan fingerprint density at radius 1 is 0.506 bits per heavy atom. The molecule has 17 heteroatoms. The number of hydrogen-bond donors (Lipinski definition) is 4. The van der Waals surface area contributed by atoms with Gasteiger partial charge in [-0.2, -0.15) is 0 Å². The van der Waals surface area contributed by atoms with Gasteiger partial charge in [-0.25, -0.2) is 4.39 Å².